The molecule has 0 radical (unpaired) electrons. The van der Waals surface area contributed by atoms with Crippen molar-refractivity contribution < 1.29 is 4.79 Å². The fourth-order valence-electron chi connectivity index (χ4n) is 3.29. The van der Waals surface area contributed by atoms with E-state index in [1.54, 1.807) is 0 Å². The lowest BCUT2D eigenvalue weighted by Crippen LogP contribution is -2.40. The Kier molecular flexibility index (Phi) is 4.84. The Hall–Kier alpha value is -1.33. The second kappa shape index (κ2) is 6.84. The molecule has 1 fully saturated rings. The summed E-state index contributed by atoms with van der Waals surface area (Å²) in [5.41, 5.74) is 1.09. The molecule has 0 saturated carbocycles. The van der Waals surface area contributed by atoms with E-state index in [1.807, 2.05) is 29.0 Å². The summed E-state index contributed by atoms with van der Waals surface area (Å²) in [5.74, 6) is 0.0865. The van der Waals surface area contributed by atoms with E-state index in [0.717, 1.165) is 35.0 Å². The summed E-state index contributed by atoms with van der Waals surface area (Å²) < 4.78 is 3.06. The molecule has 0 aliphatic carbocycles. The Balaban J connectivity index is 1.59. The molecule has 5 heteroatoms. The van der Waals surface area contributed by atoms with Crippen LogP contribution in [-0.2, 0) is 11.3 Å². The molecule has 1 saturated heterocycles. The summed E-state index contributed by atoms with van der Waals surface area (Å²) in [6.07, 6.45) is 4.41. The van der Waals surface area contributed by atoms with E-state index in [-0.39, 0.29) is 5.91 Å². The van der Waals surface area contributed by atoms with E-state index in [2.05, 4.69) is 39.1 Å². The van der Waals surface area contributed by atoms with Gasteiger partial charge in [-0.3, -0.25) is 9.69 Å². The van der Waals surface area contributed by atoms with Crippen molar-refractivity contribution in [1.29, 1.82) is 0 Å². The third kappa shape index (κ3) is 3.36. The van der Waals surface area contributed by atoms with E-state index < -0.39 is 0 Å². The number of benzene rings is 1. The molecule has 1 aromatic carbocycles. The number of hydrogen-bond acceptors (Lipinski definition) is 2. The van der Waals surface area contributed by atoms with Crippen LogP contribution in [0.2, 0.25) is 0 Å². The van der Waals surface area contributed by atoms with Gasteiger partial charge in [-0.2, -0.15) is 0 Å². The van der Waals surface area contributed by atoms with E-state index in [4.69, 9.17) is 0 Å². The van der Waals surface area contributed by atoms with Gasteiger partial charge in [-0.15, -0.1) is 0 Å². The Morgan fingerprint density at radius 3 is 3.09 bits per heavy atom. The lowest BCUT2D eigenvalue weighted by atomic mass is 10.2. The van der Waals surface area contributed by atoms with Crippen molar-refractivity contribution >= 4 is 32.7 Å². The Morgan fingerprint density at radius 2 is 2.27 bits per heavy atom. The molecule has 118 valence electrons. The molecule has 1 aliphatic rings. The van der Waals surface area contributed by atoms with Crippen molar-refractivity contribution in [3.8, 4) is 0 Å². The highest BCUT2D eigenvalue weighted by Crippen LogP contribution is 2.21. The van der Waals surface area contributed by atoms with Crippen LogP contribution in [0.3, 0.4) is 0 Å². The van der Waals surface area contributed by atoms with Crippen molar-refractivity contribution in [1.82, 2.24) is 14.8 Å². The number of amides is 1. The SMILES string of the molecule is CCN1CCC[C@@H]1CNC(=O)Cn1ccc2cc(Br)ccc21. The number of nitrogens with zero attached hydrogens (tertiary/aromatic N) is 2. The van der Waals surface area contributed by atoms with Crippen LogP contribution in [0.15, 0.2) is 34.9 Å². The van der Waals surface area contributed by atoms with Crippen molar-refractivity contribution in [2.24, 2.45) is 0 Å². The fourth-order valence-corrected chi connectivity index (χ4v) is 3.67. The number of rotatable bonds is 5. The quantitative estimate of drug-likeness (QED) is 0.886. The molecule has 0 bridgehead atoms. The van der Waals surface area contributed by atoms with Crippen molar-refractivity contribution in [3.63, 3.8) is 0 Å². The first-order chi connectivity index (χ1) is 10.7. The predicted molar refractivity (Wildman–Crippen MR) is 92.9 cm³/mol. The first-order valence-electron chi connectivity index (χ1n) is 7.92. The summed E-state index contributed by atoms with van der Waals surface area (Å²) in [6, 6.07) is 8.67. The minimum absolute atomic E-state index is 0.0865. The van der Waals surface area contributed by atoms with E-state index in [1.165, 1.54) is 12.8 Å². The molecule has 1 N–H and O–H groups in total. The zero-order chi connectivity index (χ0) is 15.5. The number of hydrogen-bond donors (Lipinski definition) is 1. The first-order valence-corrected chi connectivity index (χ1v) is 8.72. The molecule has 2 aromatic rings. The Morgan fingerprint density at radius 1 is 1.41 bits per heavy atom. The van der Waals surface area contributed by atoms with Crippen LogP contribution >= 0.6 is 15.9 Å². The molecular weight excluding hydrogens is 342 g/mol. The highest BCUT2D eigenvalue weighted by molar-refractivity contribution is 9.10. The maximum absolute atomic E-state index is 12.2. The number of likely N-dealkylation sites (N-methyl/N-ethyl adjacent to an activating group) is 1. The van der Waals surface area contributed by atoms with Crippen LogP contribution in [0.1, 0.15) is 19.8 Å². The standard InChI is InChI=1S/C17H22BrN3O/c1-2-20-8-3-4-15(20)11-19-17(22)12-21-9-7-13-10-14(18)5-6-16(13)21/h5-7,9-10,15H,2-4,8,11-12H2,1H3,(H,19,22)/t15-/m1/s1. The smallest absolute Gasteiger partial charge is 0.239 e. The number of nitrogens with one attached hydrogen (secondary N) is 1. The number of halogens is 1. The van der Waals surface area contributed by atoms with E-state index in [9.17, 15) is 4.79 Å². The monoisotopic (exact) mass is 363 g/mol. The highest BCUT2D eigenvalue weighted by Gasteiger charge is 2.23. The second-order valence-electron chi connectivity index (χ2n) is 5.88. The van der Waals surface area contributed by atoms with Gasteiger partial charge >= 0.3 is 0 Å². The predicted octanol–water partition coefficient (Wildman–Crippen LogP) is 3.00. The summed E-state index contributed by atoms with van der Waals surface area (Å²) in [6.45, 7) is 5.55. The molecule has 1 amide bonds. The third-order valence-electron chi connectivity index (χ3n) is 4.49. The van der Waals surface area contributed by atoms with Crippen LogP contribution in [-0.4, -0.2) is 41.1 Å². The fraction of sp³-hybridized carbons (Fsp3) is 0.471. The second-order valence-corrected chi connectivity index (χ2v) is 6.79. The van der Waals surface area contributed by atoms with Gasteiger partial charge in [-0.05, 0) is 50.2 Å². The number of carbonyl (C=O) groups is 1. The van der Waals surface area contributed by atoms with Gasteiger partial charge < -0.3 is 9.88 Å². The van der Waals surface area contributed by atoms with Crippen molar-refractivity contribution in [3.05, 3.63) is 34.9 Å². The first kappa shape index (κ1) is 15.6. The largest absolute Gasteiger partial charge is 0.353 e. The summed E-state index contributed by atoms with van der Waals surface area (Å²) in [5, 5.41) is 4.24. The Labute approximate surface area is 139 Å². The molecule has 0 spiro atoms. The van der Waals surface area contributed by atoms with Crippen molar-refractivity contribution in [2.45, 2.75) is 32.4 Å². The highest BCUT2D eigenvalue weighted by atomic mass is 79.9. The normalized spacial score (nSPS) is 18.9. The maximum Gasteiger partial charge on any atom is 0.239 e. The van der Waals surface area contributed by atoms with Gasteiger partial charge in [0.25, 0.3) is 0 Å². The zero-order valence-corrected chi connectivity index (χ0v) is 14.5. The van der Waals surface area contributed by atoms with Gasteiger partial charge in [0.1, 0.15) is 6.54 Å². The van der Waals surface area contributed by atoms with Crippen LogP contribution in [0.25, 0.3) is 10.9 Å². The lowest BCUT2D eigenvalue weighted by Gasteiger charge is -2.22. The number of fused-ring (bicyclic) bond motifs is 1. The number of carbonyl (C=O) groups excluding carboxylic acids is 1. The van der Waals surface area contributed by atoms with E-state index >= 15 is 0 Å². The van der Waals surface area contributed by atoms with Crippen LogP contribution in [0, 0.1) is 0 Å². The van der Waals surface area contributed by atoms with Gasteiger partial charge in [-0.25, -0.2) is 0 Å². The molecule has 3 rings (SSSR count). The summed E-state index contributed by atoms with van der Waals surface area (Å²) in [4.78, 5) is 14.7. The van der Waals surface area contributed by atoms with Gasteiger partial charge in [0, 0.05) is 34.2 Å². The minimum Gasteiger partial charge on any atom is -0.353 e. The molecule has 22 heavy (non-hydrogen) atoms. The average Bonchev–Trinajstić information content (AvgIpc) is 3.11. The third-order valence-corrected chi connectivity index (χ3v) is 4.98. The number of aromatic nitrogens is 1. The zero-order valence-electron chi connectivity index (χ0n) is 12.9. The average molecular weight is 364 g/mol. The summed E-state index contributed by atoms with van der Waals surface area (Å²) >= 11 is 3.47. The summed E-state index contributed by atoms with van der Waals surface area (Å²) in [7, 11) is 0. The topological polar surface area (TPSA) is 37.3 Å². The van der Waals surface area contributed by atoms with Gasteiger partial charge in [-0.1, -0.05) is 22.9 Å². The van der Waals surface area contributed by atoms with Crippen molar-refractivity contribution in [2.75, 3.05) is 19.6 Å². The van der Waals surface area contributed by atoms with Crippen LogP contribution < -0.4 is 5.32 Å². The molecule has 1 aromatic heterocycles. The van der Waals surface area contributed by atoms with Gasteiger partial charge in [0.15, 0.2) is 0 Å². The van der Waals surface area contributed by atoms with Gasteiger partial charge in [0.2, 0.25) is 5.91 Å². The molecule has 4 nitrogen and oxygen atoms in total. The molecular formula is C17H22BrN3O. The Bertz CT molecular complexity index is 667. The van der Waals surface area contributed by atoms with Crippen LogP contribution in [0.5, 0.6) is 0 Å². The molecule has 1 atom stereocenters. The molecule has 1 aliphatic heterocycles. The molecule has 2 heterocycles. The lowest BCUT2D eigenvalue weighted by molar-refractivity contribution is -0.121. The minimum atomic E-state index is 0.0865. The molecule has 0 unspecified atom stereocenters. The van der Waals surface area contributed by atoms with Crippen LogP contribution in [0.4, 0.5) is 0 Å². The van der Waals surface area contributed by atoms with E-state index in [0.29, 0.717) is 12.6 Å². The van der Waals surface area contributed by atoms with Gasteiger partial charge in [0.05, 0.1) is 0 Å². The number of likely N-dealkylation sites (tertiary alicyclic amines) is 1. The maximum atomic E-state index is 12.2.